The largest absolute Gasteiger partial charge is 0.445 e. The quantitative estimate of drug-likeness (QED) is 0.633. The number of hydrogen-bond acceptors (Lipinski definition) is 2. The molecule has 0 heterocycles. The second kappa shape index (κ2) is 7.22. The summed E-state index contributed by atoms with van der Waals surface area (Å²) in [5.41, 5.74) is 4.88. The zero-order chi connectivity index (χ0) is 9.40. The van der Waals surface area contributed by atoms with E-state index < -0.39 is 6.09 Å². The van der Waals surface area contributed by atoms with E-state index in [4.69, 9.17) is 10.5 Å². The molecule has 0 aliphatic heterocycles. The fourth-order valence-electron chi connectivity index (χ4n) is 0.841. The summed E-state index contributed by atoms with van der Waals surface area (Å²) in [6, 6.07) is 0. The highest BCUT2D eigenvalue weighted by Crippen LogP contribution is 2.05. The van der Waals surface area contributed by atoms with Gasteiger partial charge in [-0.1, -0.05) is 19.3 Å². The van der Waals surface area contributed by atoms with Crippen LogP contribution in [0.5, 0.6) is 0 Å². The van der Waals surface area contributed by atoms with Gasteiger partial charge < -0.3 is 10.5 Å². The fourth-order valence-corrected chi connectivity index (χ4v) is 1.06. The Hall–Kier alpha value is -0.440. The maximum atomic E-state index is 10.4. The molecule has 0 radical (unpaired) electrons. The lowest BCUT2D eigenvalue weighted by Gasteiger charge is -2.11. The van der Waals surface area contributed by atoms with Gasteiger partial charge in [-0.25, -0.2) is 4.79 Å². The molecule has 0 fully saturated rings. The highest BCUT2D eigenvalue weighted by atomic mass is 127. The summed E-state index contributed by atoms with van der Waals surface area (Å²) in [5, 5.41) is 0. The average molecular weight is 281 g/mol. The highest BCUT2D eigenvalue weighted by Gasteiger charge is 2.08. The van der Waals surface area contributed by atoms with E-state index in [1.807, 2.05) is 29.5 Å². The van der Waals surface area contributed by atoms with Gasteiger partial charge in [0.15, 0.2) is 0 Å². The van der Waals surface area contributed by atoms with Crippen molar-refractivity contribution < 1.29 is 9.53 Å². The number of primary amides is 1. The number of nitrogens with two attached hydrogens (primary N) is 1. The molecule has 0 bridgehead atoms. The van der Waals surface area contributed by atoms with Gasteiger partial charge in [0.2, 0.25) is 0 Å². The normalized spacial score (nSPS) is 11.2. The van der Waals surface area contributed by atoms with Crippen LogP contribution in [0.1, 0.15) is 26.2 Å². The third-order valence-electron chi connectivity index (χ3n) is 1.29. The lowest BCUT2D eigenvalue weighted by atomic mass is 10.1. The van der Waals surface area contributed by atoms with Gasteiger partial charge in [-0.15, -0.1) is 0 Å². The van der Waals surface area contributed by atoms with Crippen molar-refractivity contribution >= 4 is 28.7 Å². The number of amides is 1. The van der Waals surface area contributed by atoms with E-state index in [0.29, 0.717) is 6.42 Å². The van der Waals surface area contributed by atoms with Gasteiger partial charge in [0, 0.05) is 29.0 Å². The first-order valence-corrected chi connectivity index (χ1v) is 4.83. The van der Waals surface area contributed by atoms with Gasteiger partial charge >= 0.3 is 6.09 Å². The average Bonchev–Trinajstić information content (AvgIpc) is 2.00. The van der Waals surface area contributed by atoms with Gasteiger partial charge in [0.25, 0.3) is 0 Å². The summed E-state index contributed by atoms with van der Waals surface area (Å²) < 4.78 is 7.54. The Morgan fingerprint density at radius 2 is 2.42 bits per heavy atom. The molecule has 0 saturated carbocycles. The number of ether oxygens (including phenoxy) is 1. The molecule has 0 spiro atoms. The number of carbonyl (C=O) groups is 1. The van der Waals surface area contributed by atoms with Crippen LogP contribution in [0.25, 0.3) is 0 Å². The summed E-state index contributed by atoms with van der Waals surface area (Å²) >= 11 is 1.95. The van der Waals surface area contributed by atoms with Crippen molar-refractivity contribution in [3.05, 3.63) is 0 Å². The molecule has 1 unspecified atom stereocenters. The predicted molar refractivity (Wildman–Crippen MR) is 55.8 cm³/mol. The van der Waals surface area contributed by atoms with Crippen molar-refractivity contribution in [1.82, 2.24) is 0 Å². The molecule has 2 N–H and O–H groups in total. The summed E-state index contributed by atoms with van der Waals surface area (Å²) in [7, 11) is 0. The molecule has 1 amide bonds. The Labute approximate surface area is 86.2 Å². The Bertz CT molecular complexity index is 195. The molecule has 0 aromatic rings. The third kappa shape index (κ3) is 6.28. The lowest BCUT2D eigenvalue weighted by molar-refractivity contribution is 0.103. The molecule has 0 rings (SSSR count). The van der Waals surface area contributed by atoms with E-state index in [2.05, 4.69) is 9.85 Å². The maximum absolute atomic E-state index is 10.4. The van der Waals surface area contributed by atoms with Crippen LogP contribution in [0.3, 0.4) is 0 Å². The van der Waals surface area contributed by atoms with Crippen LogP contribution >= 0.6 is 22.6 Å². The van der Waals surface area contributed by atoms with Crippen molar-refractivity contribution in [3.63, 3.8) is 0 Å². The standard InChI is InChI=1S/C8H12INO2/c1-2-4-7(5-3-6-9)12-8(10)11/h7H,2,4-5H2,1H3,(H2,10,11). The monoisotopic (exact) mass is 281 g/mol. The smallest absolute Gasteiger partial charge is 0.404 e. The van der Waals surface area contributed by atoms with Crippen molar-refractivity contribution in [1.29, 1.82) is 0 Å². The Balaban J connectivity index is 3.82. The van der Waals surface area contributed by atoms with Crippen molar-refractivity contribution in [2.24, 2.45) is 5.73 Å². The van der Waals surface area contributed by atoms with Crippen LogP contribution in [0.15, 0.2) is 0 Å². The van der Waals surface area contributed by atoms with E-state index in [1.165, 1.54) is 0 Å². The lowest BCUT2D eigenvalue weighted by Crippen LogP contribution is -2.22. The SMILES string of the molecule is CCCC(CC#CI)OC(N)=O. The summed E-state index contributed by atoms with van der Waals surface area (Å²) in [6.07, 6.45) is 1.48. The number of rotatable bonds is 4. The zero-order valence-corrected chi connectivity index (χ0v) is 9.13. The fraction of sp³-hybridized carbons (Fsp3) is 0.625. The van der Waals surface area contributed by atoms with E-state index in [9.17, 15) is 4.79 Å². The first-order chi connectivity index (χ1) is 5.70. The third-order valence-corrected chi connectivity index (χ3v) is 1.67. The van der Waals surface area contributed by atoms with Crippen LogP contribution in [0.2, 0.25) is 0 Å². The highest BCUT2D eigenvalue weighted by molar-refractivity contribution is 14.1. The van der Waals surface area contributed by atoms with Gasteiger partial charge in [-0.2, -0.15) is 0 Å². The van der Waals surface area contributed by atoms with Crippen LogP contribution in [0, 0.1) is 9.85 Å². The molecular weight excluding hydrogens is 269 g/mol. The van der Waals surface area contributed by atoms with Crippen molar-refractivity contribution in [3.8, 4) is 9.85 Å². The molecular formula is C8H12INO2. The van der Waals surface area contributed by atoms with Crippen molar-refractivity contribution in [2.75, 3.05) is 0 Å². The van der Waals surface area contributed by atoms with Gasteiger partial charge in [-0.3, -0.25) is 0 Å². The summed E-state index contributed by atoms with van der Waals surface area (Å²) in [5.74, 6) is 2.84. The first kappa shape index (κ1) is 11.6. The zero-order valence-electron chi connectivity index (χ0n) is 6.97. The van der Waals surface area contributed by atoms with Gasteiger partial charge in [0.1, 0.15) is 6.10 Å². The summed E-state index contributed by atoms with van der Waals surface area (Å²) in [6.45, 7) is 2.02. The maximum Gasteiger partial charge on any atom is 0.404 e. The first-order valence-electron chi connectivity index (χ1n) is 3.75. The van der Waals surface area contributed by atoms with Crippen molar-refractivity contribution in [2.45, 2.75) is 32.3 Å². The Morgan fingerprint density at radius 1 is 1.75 bits per heavy atom. The Kier molecular flexibility index (Phi) is 6.96. The molecule has 4 heteroatoms. The van der Waals surface area contributed by atoms with E-state index in [0.717, 1.165) is 12.8 Å². The minimum atomic E-state index is -0.719. The topological polar surface area (TPSA) is 52.3 Å². The van der Waals surface area contributed by atoms with E-state index in [-0.39, 0.29) is 6.10 Å². The second-order valence-corrected chi connectivity index (χ2v) is 2.86. The van der Waals surface area contributed by atoms with Gasteiger partial charge in [-0.05, 0) is 10.3 Å². The molecule has 0 aliphatic rings. The Morgan fingerprint density at radius 3 is 2.83 bits per heavy atom. The summed E-state index contributed by atoms with van der Waals surface area (Å²) in [4.78, 5) is 10.4. The number of carbonyl (C=O) groups excluding carboxylic acids is 1. The minimum Gasteiger partial charge on any atom is -0.445 e. The molecule has 1 atom stereocenters. The van der Waals surface area contributed by atoms with E-state index in [1.54, 1.807) is 0 Å². The van der Waals surface area contributed by atoms with Crippen LogP contribution in [-0.4, -0.2) is 12.2 Å². The van der Waals surface area contributed by atoms with Crippen LogP contribution in [-0.2, 0) is 4.74 Å². The number of halogens is 1. The molecule has 0 aliphatic carbocycles. The second-order valence-electron chi connectivity index (χ2n) is 2.32. The van der Waals surface area contributed by atoms with Crippen LogP contribution in [0.4, 0.5) is 4.79 Å². The molecule has 0 aromatic carbocycles. The van der Waals surface area contributed by atoms with E-state index >= 15 is 0 Å². The molecule has 0 saturated heterocycles. The predicted octanol–water partition coefficient (Wildman–Crippen LogP) is 2.04. The van der Waals surface area contributed by atoms with Gasteiger partial charge in [0.05, 0.1) is 0 Å². The van der Waals surface area contributed by atoms with Crippen LogP contribution < -0.4 is 5.73 Å². The minimum absolute atomic E-state index is 0.144. The molecule has 68 valence electrons. The molecule has 0 aromatic heterocycles. The molecule has 12 heavy (non-hydrogen) atoms. The number of hydrogen-bond donors (Lipinski definition) is 1. The molecule has 3 nitrogen and oxygen atoms in total.